The van der Waals surface area contributed by atoms with E-state index in [1.54, 1.807) is 19.2 Å². The monoisotopic (exact) mass is 533 g/mol. The van der Waals surface area contributed by atoms with E-state index in [2.05, 4.69) is 42.6 Å². The van der Waals surface area contributed by atoms with Crippen LogP contribution in [0.1, 0.15) is 31.9 Å². The second kappa shape index (κ2) is 12.1. The molecule has 11 heteroatoms. The molecule has 1 amide bonds. The largest absolute Gasteiger partial charge is 0.493 e. The SMILES string of the molecule is COc1cc2c(Nc3cc(CC(=O)Nc4cccc(F)c4)[nH]n3)ncnc2cc1OCCCN1CCC[C@@H]1C. The summed E-state index contributed by atoms with van der Waals surface area (Å²) in [4.78, 5) is 23.7. The van der Waals surface area contributed by atoms with E-state index in [0.717, 1.165) is 24.9 Å². The lowest BCUT2D eigenvalue weighted by Gasteiger charge is -2.21. The van der Waals surface area contributed by atoms with Gasteiger partial charge in [0.25, 0.3) is 0 Å². The topological polar surface area (TPSA) is 117 Å². The molecular weight excluding hydrogens is 501 g/mol. The Bertz CT molecular complexity index is 1440. The normalized spacial score (nSPS) is 15.4. The average Bonchev–Trinajstić information content (AvgIpc) is 3.54. The first-order chi connectivity index (χ1) is 19.0. The number of hydrogen-bond donors (Lipinski definition) is 3. The summed E-state index contributed by atoms with van der Waals surface area (Å²) in [6.45, 7) is 5.05. The fourth-order valence-electron chi connectivity index (χ4n) is 4.79. The number of carbonyl (C=O) groups is 1. The zero-order valence-electron chi connectivity index (χ0n) is 22.0. The van der Waals surface area contributed by atoms with Crippen molar-refractivity contribution in [1.82, 2.24) is 25.1 Å². The van der Waals surface area contributed by atoms with E-state index in [1.165, 1.54) is 37.4 Å². The molecule has 0 saturated carbocycles. The number of nitrogens with zero attached hydrogens (tertiary/aromatic N) is 4. The molecule has 10 nitrogen and oxygen atoms in total. The van der Waals surface area contributed by atoms with Crippen molar-refractivity contribution in [2.24, 2.45) is 0 Å². The van der Waals surface area contributed by atoms with Crippen molar-refractivity contribution in [3.8, 4) is 11.5 Å². The van der Waals surface area contributed by atoms with Crippen molar-refractivity contribution in [3.05, 3.63) is 60.3 Å². The summed E-state index contributed by atoms with van der Waals surface area (Å²) in [7, 11) is 1.60. The molecule has 1 aliphatic heterocycles. The summed E-state index contributed by atoms with van der Waals surface area (Å²) >= 11 is 0. The van der Waals surface area contributed by atoms with E-state index in [1.807, 2.05) is 12.1 Å². The standard InChI is InChI=1S/C28H32FN7O3/c1-18-6-4-9-36(18)10-5-11-39-25-16-23-22(15-24(25)38-2)28(31-17-30-23)33-26-13-21(34-35-26)14-27(37)32-20-8-3-7-19(29)12-20/h3,7-8,12-13,15-18H,4-6,9-11,14H2,1-2H3,(H,32,37)(H2,30,31,33,34,35)/t18-/m0/s1. The van der Waals surface area contributed by atoms with E-state index in [9.17, 15) is 9.18 Å². The number of ether oxygens (including phenoxy) is 2. The number of hydrogen-bond acceptors (Lipinski definition) is 8. The fourth-order valence-corrected chi connectivity index (χ4v) is 4.79. The van der Waals surface area contributed by atoms with E-state index >= 15 is 0 Å². The summed E-state index contributed by atoms with van der Waals surface area (Å²) in [6, 6.07) is 11.8. The number of fused-ring (bicyclic) bond motifs is 1. The molecule has 39 heavy (non-hydrogen) atoms. The number of nitrogens with one attached hydrogen (secondary N) is 3. The highest BCUT2D eigenvalue weighted by Crippen LogP contribution is 2.34. The summed E-state index contributed by atoms with van der Waals surface area (Å²) in [5.41, 5.74) is 1.67. The van der Waals surface area contributed by atoms with Crippen LogP contribution in [0.5, 0.6) is 11.5 Å². The molecule has 4 aromatic rings. The van der Waals surface area contributed by atoms with Crippen LogP contribution in [0.3, 0.4) is 0 Å². The van der Waals surface area contributed by atoms with Gasteiger partial charge in [-0.25, -0.2) is 14.4 Å². The number of amides is 1. The van der Waals surface area contributed by atoms with Crippen LogP contribution in [-0.2, 0) is 11.2 Å². The highest BCUT2D eigenvalue weighted by atomic mass is 19.1. The van der Waals surface area contributed by atoms with Crippen molar-refractivity contribution in [3.63, 3.8) is 0 Å². The van der Waals surface area contributed by atoms with Crippen molar-refractivity contribution in [1.29, 1.82) is 0 Å². The Labute approximate surface area is 225 Å². The third-order valence-corrected chi connectivity index (χ3v) is 6.80. The lowest BCUT2D eigenvalue weighted by molar-refractivity contribution is -0.115. The van der Waals surface area contributed by atoms with Gasteiger partial charge in [-0.3, -0.25) is 9.89 Å². The second-order valence-corrected chi connectivity index (χ2v) is 9.61. The van der Waals surface area contributed by atoms with Crippen LogP contribution in [0, 0.1) is 5.82 Å². The van der Waals surface area contributed by atoms with Gasteiger partial charge < -0.3 is 25.0 Å². The van der Waals surface area contributed by atoms with Gasteiger partial charge in [0.15, 0.2) is 17.3 Å². The molecule has 2 aromatic heterocycles. The maximum absolute atomic E-state index is 13.4. The van der Waals surface area contributed by atoms with Crippen LogP contribution in [-0.4, -0.2) is 63.8 Å². The second-order valence-electron chi connectivity index (χ2n) is 9.61. The van der Waals surface area contributed by atoms with Gasteiger partial charge in [0.2, 0.25) is 5.91 Å². The zero-order chi connectivity index (χ0) is 27.2. The molecular formula is C28H32FN7O3. The van der Waals surface area contributed by atoms with Gasteiger partial charge in [-0.2, -0.15) is 5.10 Å². The minimum atomic E-state index is -0.416. The van der Waals surface area contributed by atoms with Crippen molar-refractivity contribution in [2.45, 2.75) is 38.6 Å². The Morgan fingerprint density at radius 2 is 2.10 bits per heavy atom. The fraction of sp³-hybridized carbons (Fsp3) is 0.357. The van der Waals surface area contributed by atoms with E-state index < -0.39 is 5.82 Å². The molecule has 5 rings (SSSR count). The lowest BCUT2D eigenvalue weighted by atomic mass is 10.2. The van der Waals surface area contributed by atoms with Crippen LogP contribution in [0.4, 0.5) is 21.7 Å². The first-order valence-electron chi connectivity index (χ1n) is 13.0. The smallest absolute Gasteiger partial charge is 0.230 e. The molecule has 0 aliphatic carbocycles. The van der Waals surface area contributed by atoms with E-state index in [4.69, 9.17) is 9.47 Å². The predicted molar refractivity (Wildman–Crippen MR) is 147 cm³/mol. The average molecular weight is 534 g/mol. The third-order valence-electron chi connectivity index (χ3n) is 6.80. The molecule has 1 aliphatic rings. The first kappa shape index (κ1) is 26.4. The van der Waals surface area contributed by atoms with Gasteiger partial charge in [-0.05, 0) is 57.0 Å². The van der Waals surface area contributed by atoms with Gasteiger partial charge in [-0.1, -0.05) is 6.07 Å². The predicted octanol–water partition coefficient (Wildman–Crippen LogP) is 4.68. The van der Waals surface area contributed by atoms with E-state index in [0.29, 0.717) is 52.7 Å². The lowest BCUT2D eigenvalue weighted by Crippen LogP contribution is -2.28. The summed E-state index contributed by atoms with van der Waals surface area (Å²) in [5.74, 6) is 1.53. The number of methoxy groups -OCH3 is 1. The van der Waals surface area contributed by atoms with Gasteiger partial charge in [0, 0.05) is 41.5 Å². The van der Waals surface area contributed by atoms with Gasteiger partial charge >= 0.3 is 0 Å². The number of aromatic nitrogens is 4. The molecule has 0 radical (unpaired) electrons. The molecule has 0 spiro atoms. The summed E-state index contributed by atoms with van der Waals surface area (Å²) < 4.78 is 25.0. The number of benzene rings is 2. The molecule has 0 bridgehead atoms. The number of H-pyrrole nitrogens is 1. The number of anilines is 3. The van der Waals surface area contributed by atoms with Crippen molar-refractivity contribution >= 4 is 34.1 Å². The highest BCUT2D eigenvalue weighted by Gasteiger charge is 2.19. The van der Waals surface area contributed by atoms with Crippen LogP contribution in [0.25, 0.3) is 10.9 Å². The first-order valence-corrected chi connectivity index (χ1v) is 13.0. The zero-order valence-corrected chi connectivity index (χ0v) is 22.0. The van der Waals surface area contributed by atoms with Crippen LogP contribution in [0.15, 0.2) is 48.8 Å². The van der Waals surface area contributed by atoms with Gasteiger partial charge in [0.05, 0.1) is 25.7 Å². The summed E-state index contributed by atoms with van der Waals surface area (Å²) in [6.07, 6.45) is 4.98. The number of aromatic amines is 1. The van der Waals surface area contributed by atoms with Crippen LogP contribution >= 0.6 is 0 Å². The maximum Gasteiger partial charge on any atom is 0.230 e. The van der Waals surface area contributed by atoms with Crippen LogP contribution in [0.2, 0.25) is 0 Å². The van der Waals surface area contributed by atoms with Gasteiger partial charge in [-0.15, -0.1) is 0 Å². The quantitative estimate of drug-likeness (QED) is 0.238. The maximum atomic E-state index is 13.4. The molecule has 3 heterocycles. The molecule has 1 atom stereocenters. The number of rotatable bonds is 11. The van der Waals surface area contributed by atoms with Crippen molar-refractivity contribution < 1.29 is 18.7 Å². The minimum Gasteiger partial charge on any atom is -0.493 e. The number of likely N-dealkylation sites (tertiary alicyclic amines) is 1. The Hall–Kier alpha value is -4.25. The Kier molecular flexibility index (Phi) is 8.16. The highest BCUT2D eigenvalue weighted by molar-refractivity contribution is 5.93. The Balaban J connectivity index is 1.23. The van der Waals surface area contributed by atoms with Crippen LogP contribution < -0.4 is 20.1 Å². The molecule has 1 saturated heterocycles. The molecule has 0 unspecified atom stereocenters. The number of carbonyl (C=O) groups excluding carboxylic acids is 1. The summed E-state index contributed by atoms with van der Waals surface area (Å²) in [5, 5.41) is 13.7. The number of halogens is 1. The molecule has 1 fully saturated rings. The van der Waals surface area contributed by atoms with Crippen molar-refractivity contribution in [2.75, 3.05) is 37.4 Å². The minimum absolute atomic E-state index is 0.0426. The Morgan fingerprint density at radius 3 is 2.90 bits per heavy atom. The van der Waals surface area contributed by atoms with Gasteiger partial charge in [0.1, 0.15) is 18.0 Å². The van der Waals surface area contributed by atoms with E-state index in [-0.39, 0.29) is 12.3 Å². The molecule has 3 N–H and O–H groups in total. The third kappa shape index (κ3) is 6.61. The Morgan fingerprint density at radius 1 is 1.21 bits per heavy atom. The molecule has 204 valence electrons. The molecule has 2 aromatic carbocycles.